The van der Waals surface area contributed by atoms with Crippen LogP contribution < -0.4 is 0 Å². The van der Waals surface area contributed by atoms with E-state index >= 15 is 0 Å². The molecule has 2 nitrogen and oxygen atoms in total. The molecule has 1 N–H and O–H groups in total. The molecule has 210 valence electrons. The van der Waals surface area contributed by atoms with E-state index in [-0.39, 0.29) is 23.9 Å². The summed E-state index contributed by atoms with van der Waals surface area (Å²) in [5, 5.41) is 10.1. The van der Waals surface area contributed by atoms with Gasteiger partial charge in [-0.2, -0.15) is 0 Å². The summed E-state index contributed by atoms with van der Waals surface area (Å²) in [5.74, 6) is 1.16. The Labute approximate surface area is 231 Å². The molecule has 0 radical (unpaired) electrons. The Hall–Kier alpha value is -2.26. The van der Waals surface area contributed by atoms with Crippen molar-refractivity contribution < 1.29 is 14.3 Å². The normalized spacial score (nSPS) is 15.5. The molecular weight excluding hydrogens is 471 g/mol. The second-order valence-electron chi connectivity index (χ2n) is 11.3. The van der Waals surface area contributed by atoms with Crippen molar-refractivity contribution in [3.8, 4) is 0 Å². The van der Waals surface area contributed by atoms with Crippen LogP contribution in [-0.2, 0) is 0 Å². The minimum atomic E-state index is -0.449. The molecule has 0 bridgehead atoms. The average molecular weight is 523 g/mol. The van der Waals surface area contributed by atoms with E-state index in [1.54, 1.807) is 23.8 Å². The van der Waals surface area contributed by atoms with Gasteiger partial charge in [0.05, 0.1) is 5.56 Å². The minimum absolute atomic E-state index is 0.139. The van der Waals surface area contributed by atoms with Crippen LogP contribution in [0.25, 0.3) is 5.57 Å². The number of aliphatic hydroxyl groups excluding tert-OH is 1. The molecule has 0 aromatic heterocycles. The van der Waals surface area contributed by atoms with E-state index in [0.717, 1.165) is 44.9 Å². The molecule has 0 aliphatic carbocycles. The van der Waals surface area contributed by atoms with Crippen LogP contribution in [0.2, 0.25) is 0 Å². The number of carbonyl (C=O) groups excluding carboxylic acids is 1. The lowest BCUT2D eigenvalue weighted by Gasteiger charge is -2.27. The maximum absolute atomic E-state index is 13.9. The fraction of sp³-hybridized carbons (Fsp3) is 0.571. The summed E-state index contributed by atoms with van der Waals surface area (Å²) in [6.45, 7) is 13.8. The van der Waals surface area contributed by atoms with Crippen LogP contribution in [-0.4, -0.2) is 17.5 Å². The highest BCUT2D eigenvalue weighted by atomic mass is 19.1. The van der Waals surface area contributed by atoms with E-state index in [2.05, 4.69) is 65.8 Å². The first-order valence-corrected chi connectivity index (χ1v) is 14.9. The lowest BCUT2D eigenvalue weighted by molar-refractivity contribution is 0.0969. The molecule has 0 spiro atoms. The molecule has 38 heavy (non-hydrogen) atoms. The summed E-state index contributed by atoms with van der Waals surface area (Å²) in [5.41, 5.74) is 5.96. The van der Waals surface area contributed by atoms with Crippen molar-refractivity contribution in [1.82, 2.24) is 0 Å². The Balaban J connectivity index is 2.09. The fourth-order valence-corrected chi connectivity index (χ4v) is 5.59. The number of benzene rings is 2. The maximum Gasteiger partial charge on any atom is 0.165 e. The third kappa shape index (κ3) is 9.49. The Bertz CT molecular complexity index is 1010. The first kappa shape index (κ1) is 32.0. The molecule has 0 amide bonds. The minimum Gasteiger partial charge on any atom is -0.396 e. The highest BCUT2D eigenvalue weighted by molar-refractivity contribution is 5.96. The molecule has 0 fully saturated rings. The molecule has 3 heteroatoms. The summed E-state index contributed by atoms with van der Waals surface area (Å²) in [7, 11) is 0. The van der Waals surface area contributed by atoms with Gasteiger partial charge in [-0.1, -0.05) is 88.6 Å². The largest absolute Gasteiger partial charge is 0.396 e. The van der Waals surface area contributed by atoms with Crippen molar-refractivity contribution in [1.29, 1.82) is 0 Å². The SMILES string of the molecule is CCC(CC/C(=C(\c1ccc(C)cc1)C(C)CC)C(C)CC)CC(CO)CCCC(=O)c1ccccc1F. The first-order chi connectivity index (χ1) is 18.2. The van der Waals surface area contributed by atoms with Gasteiger partial charge in [-0.25, -0.2) is 4.39 Å². The number of halogens is 1. The quantitative estimate of drug-likeness (QED) is 0.210. The molecular formula is C35H51FO2. The molecule has 0 heterocycles. The smallest absolute Gasteiger partial charge is 0.165 e. The van der Waals surface area contributed by atoms with Gasteiger partial charge in [-0.3, -0.25) is 4.79 Å². The van der Waals surface area contributed by atoms with Crippen LogP contribution in [0.4, 0.5) is 4.39 Å². The van der Waals surface area contributed by atoms with E-state index in [4.69, 9.17) is 0 Å². The molecule has 4 unspecified atom stereocenters. The zero-order valence-corrected chi connectivity index (χ0v) is 24.7. The molecule has 2 aromatic carbocycles. The van der Waals surface area contributed by atoms with Gasteiger partial charge in [0.1, 0.15) is 5.82 Å². The Kier molecular flexibility index (Phi) is 14.0. The highest BCUT2D eigenvalue weighted by Gasteiger charge is 2.22. The summed E-state index contributed by atoms with van der Waals surface area (Å²) < 4.78 is 13.9. The summed E-state index contributed by atoms with van der Waals surface area (Å²) >= 11 is 0. The van der Waals surface area contributed by atoms with Crippen LogP contribution in [0.5, 0.6) is 0 Å². The second-order valence-corrected chi connectivity index (χ2v) is 11.3. The number of Topliss-reactive ketones (excluding diaryl/α,β-unsaturated/α-hetero) is 1. The number of hydrogen-bond acceptors (Lipinski definition) is 2. The Morgan fingerprint density at radius 3 is 2.08 bits per heavy atom. The van der Waals surface area contributed by atoms with Crippen molar-refractivity contribution >= 4 is 11.4 Å². The van der Waals surface area contributed by atoms with E-state index in [9.17, 15) is 14.3 Å². The summed E-state index contributed by atoms with van der Waals surface area (Å²) in [6.07, 6.45) is 8.31. The predicted molar refractivity (Wildman–Crippen MR) is 160 cm³/mol. The molecule has 0 saturated heterocycles. The summed E-state index contributed by atoms with van der Waals surface area (Å²) in [6, 6.07) is 15.2. The zero-order valence-electron chi connectivity index (χ0n) is 24.7. The number of ketones is 1. The number of carbonyl (C=O) groups is 1. The monoisotopic (exact) mass is 522 g/mol. The van der Waals surface area contributed by atoms with Crippen LogP contribution >= 0.6 is 0 Å². The van der Waals surface area contributed by atoms with E-state index < -0.39 is 5.82 Å². The molecule has 0 aliphatic heterocycles. The van der Waals surface area contributed by atoms with E-state index in [1.807, 2.05) is 0 Å². The third-order valence-electron chi connectivity index (χ3n) is 8.54. The van der Waals surface area contributed by atoms with Gasteiger partial charge in [-0.15, -0.1) is 0 Å². The van der Waals surface area contributed by atoms with Crippen molar-refractivity contribution in [2.24, 2.45) is 23.7 Å². The molecule has 2 rings (SSSR count). The van der Waals surface area contributed by atoms with Gasteiger partial charge >= 0.3 is 0 Å². The van der Waals surface area contributed by atoms with Gasteiger partial charge in [-0.05, 0) is 98.8 Å². The van der Waals surface area contributed by atoms with E-state index in [1.165, 1.54) is 22.8 Å². The van der Waals surface area contributed by atoms with Crippen LogP contribution in [0.15, 0.2) is 54.1 Å². The lowest BCUT2D eigenvalue weighted by Crippen LogP contribution is -2.15. The number of rotatable bonds is 17. The Morgan fingerprint density at radius 1 is 0.842 bits per heavy atom. The van der Waals surface area contributed by atoms with Crippen LogP contribution in [0.3, 0.4) is 0 Å². The van der Waals surface area contributed by atoms with Crippen LogP contribution in [0.1, 0.15) is 114 Å². The molecule has 2 aromatic rings. The topological polar surface area (TPSA) is 37.3 Å². The van der Waals surface area contributed by atoms with Crippen molar-refractivity contribution in [3.05, 3.63) is 76.6 Å². The summed E-state index contributed by atoms with van der Waals surface area (Å²) in [4.78, 5) is 12.5. The standard InChI is InChI=1S/C35H51FO2/c1-7-26(5)31(35(27(6)8-2)30-20-17-25(4)18-21-30)22-19-28(9-3)23-29(24-37)13-12-16-34(38)32-14-10-11-15-33(32)36/h10-11,14-15,17-18,20-21,26-29,37H,7-9,12-13,16,19,22-24H2,1-6H3/b35-31+. The van der Waals surface area contributed by atoms with E-state index in [0.29, 0.717) is 30.6 Å². The van der Waals surface area contributed by atoms with Crippen LogP contribution in [0, 0.1) is 36.4 Å². The molecule has 0 saturated carbocycles. The number of aliphatic hydroxyl groups is 1. The van der Waals surface area contributed by atoms with Gasteiger partial charge in [0.15, 0.2) is 5.78 Å². The van der Waals surface area contributed by atoms with Gasteiger partial charge in [0, 0.05) is 13.0 Å². The van der Waals surface area contributed by atoms with Crippen molar-refractivity contribution in [2.75, 3.05) is 6.61 Å². The molecule has 4 atom stereocenters. The molecule has 0 aliphatic rings. The maximum atomic E-state index is 13.9. The number of aryl methyl sites for hydroxylation is 1. The fourth-order valence-electron chi connectivity index (χ4n) is 5.59. The van der Waals surface area contributed by atoms with Gasteiger partial charge < -0.3 is 5.11 Å². The van der Waals surface area contributed by atoms with Gasteiger partial charge in [0.25, 0.3) is 0 Å². The number of allylic oxidation sites excluding steroid dienone is 2. The average Bonchev–Trinajstić information content (AvgIpc) is 2.93. The third-order valence-corrected chi connectivity index (χ3v) is 8.54. The first-order valence-electron chi connectivity index (χ1n) is 14.9. The zero-order chi connectivity index (χ0) is 28.1. The highest BCUT2D eigenvalue weighted by Crippen LogP contribution is 2.37. The van der Waals surface area contributed by atoms with Crippen molar-refractivity contribution in [3.63, 3.8) is 0 Å². The predicted octanol–water partition coefficient (Wildman–Crippen LogP) is 9.84. The lowest BCUT2D eigenvalue weighted by atomic mass is 9.78. The van der Waals surface area contributed by atoms with Gasteiger partial charge in [0.2, 0.25) is 0 Å². The number of hydrogen-bond donors (Lipinski definition) is 1. The Morgan fingerprint density at radius 2 is 1.50 bits per heavy atom. The van der Waals surface area contributed by atoms with Crippen molar-refractivity contribution in [2.45, 2.75) is 99.3 Å². The second kappa shape index (κ2) is 16.6.